The number of ether oxygens (including phenoxy) is 1. The summed E-state index contributed by atoms with van der Waals surface area (Å²) in [5.41, 5.74) is 8.22. The highest BCUT2D eigenvalue weighted by Crippen LogP contribution is 2.40. The number of nitrogens with zero attached hydrogens (tertiary/aromatic N) is 3. The second-order valence-corrected chi connectivity index (χ2v) is 5.45. The van der Waals surface area contributed by atoms with E-state index in [2.05, 4.69) is 19.9 Å². The van der Waals surface area contributed by atoms with Crippen molar-refractivity contribution in [1.82, 2.24) is 5.32 Å². The van der Waals surface area contributed by atoms with Crippen molar-refractivity contribution in [3.63, 3.8) is 0 Å². The van der Waals surface area contributed by atoms with E-state index in [1.807, 2.05) is 0 Å². The molecule has 120 valence electrons. The zero-order chi connectivity index (χ0) is 16.2. The van der Waals surface area contributed by atoms with Crippen LogP contribution in [0.2, 0.25) is 0 Å². The van der Waals surface area contributed by atoms with Crippen molar-refractivity contribution in [3.05, 3.63) is 10.4 Å². The van der Waals surface area contributed by atoms with E-state index in [1.165, 1.54) is 0 Å². The molecule has 0 radical (unpaired) electrons. The fourth-order valence-electron chi connectivity index (χ4n) is 1.81. The summed E-state index contributed by atoms with van der Waals surface area (Å²) in [5, 5.41) is 25.0. The first kappa shape index (κ1) is 17.8. The zero-order valence-corrected chi connectivity index (χ0v) is 11.7. The van der Waals surface area contributed by atoms with Crippen LogP contribution in [0, 0.1) is 0 Å². The number of nitrogens with one attached hydrogen (secondary N) is 1. The van der Waals surface area contributed by atoms with Crippen LogP contribution in [0.15, 0.2) is 5.11 Å². The quantitative estimate of drug-likeness (QED) is 0.171. The monoisotopic (exact) mass is 326 g/mol. The third-order valence-corrected chi connectivity index (χ3v) is 3.12. The molecule has 1 amide bonds. The van der Waals surface area contributed by atoms with Crippen LogP contribution in [-0.2, 0) is 18.6 Å². The fraction of sp³-hybridized carbons (Fsp3) is 0.875. The highest BCUT2D eigenvalue weighted by molar-refractivity contribution is 7.46. The number of carbonyl (C=O) groups excluding carboxylic acids is 1. The maximum atomic E-state index is 11.1. The van der Waals surface area contributed by atoms with Gasteiger partial charge in [-0.1, -0.05) is 5.11 Å². The second-order valence-electron chi connectivity index (χ2n) is 4.26. The lowest BCUT2D eigenvalue weighted by Crippen LogP contribution is -2.64. The Kier molecular flexibility index (Phi) is 6.08. The number of azide groups is 1. The van der Waals surface area contributed by atoms with Crippen LogP contribution in [0.1, 0.15) is 6.92 Å². The molecule has 5 atom stereocenters. The number of aliphatic hydroxyl groups is 2. The Balaban J connectivity index is 2.97. The van der Waals surface area contributed by atoms with Gasteiger partial charge in [0.05, 0.1) is 12.6 Å². The van der Waals surface area contributed by atoms with Crippen LogP contribution in [0.4, 0.5) is 0 Å². The van der Waals surface area contributed by atoms with Crippen molar-refractivity contribution in [2.45, 2.75) is 37.6 Å². The zero-order valence-electron chi connectivity index (χ0n) is 10.8. The summed E-state index contributed by atoms with van der Waals surface area (Å²) < 4.78 is 20.3. The topological polar surface area (TPSA) is 194 Å². The highest BCUT2D eigenvalue weighted by Gasteiger charge is 2.47. The summed E-state index contributed by atoms with van der Waals surface area (Å²) >= 11 is 0. The third-order valence-electron chi connectivity index (χ3n) is 2.64. The Labute approximate surface area is 118 Å². The summed E-state index contributed by atoms with van der Waals surface area (Å²) in [7, 11) is -4.99. The number of hydrogen-bond acceptors (Lipinski definition) is 7. The van der Waals surface area contributed by atoms with Crippen LogP contribution in [0.5, 0.6) is 0 Å². The molecule has 5 N–H and O–H groups in total. The Hall–Kier alpha value is -1.23. The summed E-state index contributed by atoms with van der Waals surface area (Å²) in [5.74, 6) is -0.636. The van der Waals surface area contributed by atoms with Crippen LogP contribution < -0.4 is 5.32 Å². The summed E-state index contributed by atoms with van der Waals surface area (Å²) in [6.45, 7) is 0.697. The molecule has 0 saturated carbocycles. The number of amides is 1. The first-order valence-electron chi connectivity index (χ1n) is 5.69. The summed E-state index contributed by atoms with van der Waals surface area (Å²) in [6.07, 6.45) is -6.17. The highest BCUT2D eigenvalue weighted by atomic mass is 31.2. The van der Waals surface area contributed by atoms with Gasteiger partial charge >= 0.3 is 7.82 Å². The normalized spacial score (nSPS) is 33.1. The largest absolute Gasteiger partial charge is 0.472 e. The van der Waals surface area contributed by atoms with Gasteiger partial charge < -0.3 is 30.1 Å². The molecule has 5 unspecified atom stereocenters. The molecule has 1 aliphatic heterocycles. The standard InChI is InChI=1S/C8H15N4O8P/c1-3(13)11-5-7(15)6(14)4(2-10-12-9)19-8(5)20-21(16,17)18/h4-8,14-15H,2H2,1H3,(H,11,13)(H2,16,17,18). The Morgan fingerprint density at radius 2 is 2.10 bits per heavy atom. The van der Waals surface area contributed by atoms with E-state index in [9.17, 15) is 19.6 Å². The van der Waals surface area contributed by atoms with Gasteiger partial charge in [-0.15, -0.1) is 0 Å². The lowest BCUT2D eigenvalue weighted by Gasteiger charge is -2.42. The van der Waals surface area contributed by atoms with Crippen molar-refractivity contribution in [2.75, 3.05) is 6.54 Å². The van der Waals surface area contributed by atoms with Gasteiger partial charge in [-0.25, -0.2) is 4.57 Å². The van der Waals surface area contributed by atoms with Crippen molar-refractivity contribution in [1.29, 1.82) is 0 Å². The number of hydrogen-bond donors (Lipinski definition) is 5. The van der Waals surface area contributed by atoms with Gasteiger partial charge in [0.15, 0.2) is 6.29 Å². The molecule has 12 nitrogen and oxygen atoms in total. The molecule has 1 saturated heterocycles. The molecule has 1 aliphatic rings. The fourth-order valence-corrected chi connectivity index (χ4v) is 2.26. The number of phosphoric acid groups is 1. The van der Waals surface area contributed by atoms with Gasteiger partial charge in [-0.05, 0) is 5.53 Å². The molecule has 0 spiro atoms. The van der Waals surface area contributed by atoms with E-state index >= 15 is 0 Å². The van der Waals surface area contributed by atoms with Crippen molar-refractivity contribution in [3.8, 4) is 0 Å². The van der Waals surface area contributed by atoms with Gasteiger partial charge in [-0.2, -0.15) is 0 Å². The van der Waals surface area contributed by atoms with Crippen LogP contribution in [0.3, 0.4) is 0 Å². The van der Waals surface area contributed by atoms with Crippen molar-refractivity contribution in [2.24, 2.45) is 5.11 Å². The van der Waals surface area contributed by atoms with Gasteiger partial charge in [0, 0.05) is 11.8 Å². The van der Waals surface area contributed by atoms with Crippen LogP contribution in [0.25, 0.3) is 10.4 Å². The molecule has 1 fully saturated rings. The Bertz CT molecular complexity index is 477. The first-order chi connectivity index (χ1) is 9.65. The Morgan fingerprint density at radius 3 is 2.57 bits per heavy atom. The van der Waals surface area contributed by atoms with Crippen molar-refractivity contribution < 1.29 is 38.6 Å². The number of rotatable bonds is 5. The molecular weight excluding hydrogens is 311 g/mol. The molecule has 0 aromatic rings. The second kappa shape index (κ2) is 7.16. The van der Waals surface area contributed by atoms with Crippen LogP contribution in [-0.4, -0.2) is 63.1 Å². The van der Waals surface area contributed by atoms with E-state index in [1.54, 1.807) is 0 Å². The molecule has 0 aromatic carbocycles. The average molecular weight is 326 g/mol. The SMILES string of the molecule is CC(=O)NC1C(OP(=O)(O)O)OC(CN=[N+]=[N-])C(O)C1O. The summed E-state index contributed by atoms with van der Waals surface area (Å²) in [4.78, 5) is 31.1. The lowest BCUT2D eigenvalue weighted by molar-refractivity contribution is -0.238. The molecule has 21 heavy (non-hydrogen) atoms. The minimum atomic E-state index is -4.99. The van der Waals surface area contributed by atoms with E-state index in [0.717, 1.165) is 6.92 Å². The minimum Gasteiger partial charge on any atom is -0.388 e. The Morgan fingerprint density at radius 1 is 1.48 bits per heavy atom. The average Bonchev–Trinajstić information content (AvgIpc) is 2.34. The molecule has 13 heteroatoms. The number of carbonyl (C=O) groups is 1. The van der Waals surface area contributed by atoms with Crippen molar-refractivity contribution >= 4 is 13.7 Å². The molecule has 0 bridgehead atoms. The predicted octanol–water partition coefficient (Wildman–Crippen LogP) is -1.64. The van der Waals surface area contributed by atoms with E-state index in [-0.39, 0.29) is 0 Å². The van der Waals surface area contributed by atoms with E-state index < -0.39 is 50.9 Å². The smallest absolute Gasteiger partial charge is 0.388 e. The number of aliphatic hydroxyl groups excluding tert-OH is 2. The van der Waals surface area contributed by atoms with Gasteiger partial charge in [-0.3, -0.25) is 9.32 Å². The van der Waals surface area contributed by atoms with E-state index in [4.69, 9.17) is 20.1 Å². The number of phosphoric ester groups is 1. The molecular formula is C8H15N4O8P. The molecule has 1 rings (SSSR count). The third kappa shape index (κ3) is 5.23. The van der Waals surface area contributed by atoms with Gasteiger partial charge in [0.25, 0.3) is 0 Å². The van der Waals surface area contributed by atoms with Gasteiger partial charge in [0.1, 0.15) is 18.2 Å². The molecule has 1 heterocycles. The van der Waals surface area contributed by atoms with Crippen LogP contribution >= 0.6 is 7.82 Å². The van der Waals surface area contributed by atoms with Gasteiger partial charge in [0.2, 0.25) is 5.91 Å². The van der Waals surface area contributed by atoms with E-state index in [0.29, 0.717) is 0 Å². The summed E-state index contributed by atoms with van der Waals surface area (Å²) in [6, 6.07) is -1.41. The molecule has 0 aromatic heterocycles. The maximum absolute atomic E-state index is 11.1. The maximum Gasteiger partial charge on any atom is 0.472 e. The predicted molar refractivity (Wildman–Crippen MR) is 65.4 cm³/mol. The minimum absolute atomic E-state index is 0.400. The first-order valence-corrected chi connectivity index (χ1v) is 7.22. The molecule has 0 aliphatic carbocycles. The lowest BCUT2D eigenvalue weighted by atomic mass is 9.97.